The first-order chi connectivity index (χ1) is 13.5. The number of benzene rings is 1. The molecular formula is C23H30N2O4. The molecule has 4 rings (SSSR count). The Bertz CT molecular complexity index is 1130. The van der Waals surface area contributed by atoms with Crippen molar-refractivity contribution in [2.24, 2.45) is 0 Å². The lowest BCUT2D eigenvalue weighted by atomic mass is 9.75. The van der Waals surface area contributed by atoms with Gasteiger partial charge in [-0.3, -0.25) is 14.2 Å². The summed E-state index contributed by atoms with van der Waals surface area (Å²) in [5, 5.41) is 0. The average molecular weight is 399 g/mol. The van der Waals surface area contributed by atoms with E-state index in [2.05, 4.69) is 27.7 Å². The third-order valence-electron chi connectivity index (χ3n) is 6.34. The summed E-state index contributed by atoms with van der Waals surface area (Å²) in [6.07, 6.45) is 4.50. The summed E-state index contributed by atoms with van der Waals surface area (Å²) in [6.45, 7) is 13.8. The van der Waals surface area contributed by atoms with Gasteiger partial charge in [0.2, 0.25) is 0 Å². The van der Waals surface area contributed by atoms with Crippen molar-refractivity contribution in [2.75, 3.05) is 6.61 Å². The predicted molar refractivity (Wildman–Crippen MR) is 114 cm³/mol. The van der Waals surface area contributed by atoms with Crippen molar-refractivity contribution >= 4 is 11.0 Å². The third-order valence-corrected chi connectivity index (χ3v) is 6.34. The number of hydrogen-bond donors (Lipinski definition) is 0. The number of aromatic nitrogens is 2. The van der Waals surface area contributed by atoms with Gasteiger partial charge in [-0.05, 0) is 62.3 Å². The van der Waals surface area contributed by atoms with Crippen LogP contribution < -0.4 is 11.1 Å². The van der Waals surface area contributed by atoms with E-state index in [0.717, 1.165) is 23.0 Å². The normalized spacial score (nSPS) is 22.6. The first-order valence-corrected chi connectivity index (χ1v) is 10.3. The van der Waals surface area contributed by atoms with Gasteiger partial charge in [0.15, 0.2) is 5.79 Å². The van der Waals surface area contributed by atoms with Crippen LogP contribution in [-0.2, 0) is 28.0 Å². The molecule has 0 aliphatic carbocycles. The highest BCUT2D eigenvalue weighted by atomic mass is 16.7. The monoisotopic (exact) mass is 398 g/mol. The summed E-state index contributed by atoms with van der Waals surface area (Å²) in [4.78, 5) is 25.8. The van der Waals surface area contributed by atoms with Crippen LogP contribution in [0.5, 0.6) is 0 Å². The molecule has 1 saturated heterocycles. The van der Waals surface area contributed by atoms with Crippen molar-refractivity contribution in [1.29, 1.82) is 0 Å². The van der Waals surface area contributed by atoms with Crippen molar-refractivity contribution < 1.29 is 9.47 Å². The quantitative estimate of drug-likeness (QED) is 0.589. The molecule has 1 aromatic heterocycles. The van der Waals surface area contributed by atoms with Gasteiger partial charge in [0, 0.05) is 13.1 Å². The van der Waals surface area contributed by atoms with E-state index in [-0.39, 0.29) is 11.5 Å². The van der Waals surface area contributed by atoms with Gasteiger partial charge in [-0.1, -0.05) is 26.0 Å². The fraction of sp³-hybridized carbons (Fsp3) is 0.565. The zero-order chi connectivity index (χ0) is 21.1. The van der Waals surface area contributed by atoms with Gasteiger partial charge < -0.3 is 14.0 Å². The Kier molecular flexibility index (Phi) is 4.63. The molecule has 0 saturated carbocycles. The van der Waals surface area contributed by atoms with Crippen LogP contribution in [0.4, 0.5) is 0 Å². The molecule has 2 aliphatic heterocycles. The average Bonchev–Trinajstić information content (AvgIpc) is 2.98. The molecule has 0 spiro atoms. The van der Waals surface area contributed by atoms with Crippen LogP contribution in [-0.4, -0.2) is 27.6 Å². The second-order valence-electron chi connectivity index (χ2n) is 9.36. The summed E-state index contributed by atoms with van der Waals surface area (Å²) in [5.41, 5.74) is 4.31. The summed E-state index contributed by atoms with van der Waals surface area (Å²) < 4.78 is 14.7. The first-order valence-electron chi connectivity index (χ1n) is 10.3. The second kappa shape index (κ2) is 6.67. The first kappa shape index (κ1) is 20.1. The Morgan fingerprint density at radius 1 is 1.17 bits per heavy atom. The zero-order valence-electron chi connectivity index (χ0n) is 18.2. The van der Waals surface area contributed by atoms with Crippen LogP contribution >= 0.6 is 0 Å². The number of nitrogens with zero attached hydrogens (tertiary/aromatic N) is 2. The van der Waals surface area contributed by atoms with Crippen molar-refractivity contribution in [3.05, 3.63) is 55.6 Å². The van der Waals surface area contributed by atoms with E-state index >= 15 is 0 Å². The highest BCUT2D eigenvalue weighted by molar-refractivity contribution is 5.83. The minimum Gasteiger partial charge on any atom is -0.347 e. The Balaban J connectivity index is 1.85. The van der Waals surface area contributed by atoms with Crippen LogP contribution in [0, 0.1) is 13.8 Å². The zero-order valence-corrected chi connectivity index (χ0v) is 18.2. The van der Waals surface area contributed by atoms with Crippen LogP contribution in [0.25, 0.3) is 11.0 Å². The molecule has 6 nitrogen and oxygen atoms in total. The van der Waals surface area contributed by atoms with Gasteiger partial charge in [0.25, 0.3) is 0 Å². The summed E-state index contributed by atoms with van der Waals surface area (Å²) in [7, 11) is 0. The smallest absolute Gasteiger partial charge is 0.317 e. The molecule has 0 bridgehead atoms. The van der Waals surface area contributed by atoms with Crippen LogP contribution in [0.3, 0.4) is 0 Å². The molecule has 3 heterocycles. The molecule has 0 N–H and O–H groups in total. The Morgan fingerprint density at radius 2 is 1.90 bits per heavy atom. The topological polar surface area (TPSA) is 62.5 Å². The summed E-state index contributed by atoms with van der Waals surface area (Å²) in [6, 6.07) is 2.04. The van der Waals surface area contributed by atoms with Gasteiger partial charge in [-0.25, -0.2) is 0 Å². The van der Waals surface area contributed by atoms with Crippen molar-refractivity contribution in [1.82, 2.24) is 9.13 Å². The molecule has 0 unspecified atom stereocenters. The van der Waals surface area contributed by atoms with Crippen molar-refractivity contribution in [2.45, 2.75) is 78.4 Å². The fourth-order valence-corrected chi connectivity index (χ4v) is 4.67. The Labute approximate surface area is 170 Å². The second-order valence-corrected chi connectivity index (χ2v) is 9.36. The van der Waals surface area contributed by atoms with E-state index in [4.69, 9.17) is 9.47 Å². The Morgan fingerprint density at radius 3 is 2.55 bits per heavy atom. The Hall–Kier alpha value is -2.18. The molecule has 2 aliphatic rings. The third kappa shape index (κ3) is 3.28. The van der Waals surface area contributed by atoms with Crippen LogP contribution in [0.15, 0.2) is 27.8 Å². The standard InChI is InChI=1S/C23H30N2O4/c1-14-12-17-19-18(15(14)2)22(3,4)9-11-25(19)21(27)20(26)24(17)10-7-8-16-13-28-23(5,6)29-16/h7-8,12,16H,9-11,13H2,1-6H3/b8-7-/t16-/m0/s1. The van der Waals surface area contributed by atoms with E-state index in [9.17, 15) is 9.59 Å². The lowest BCUT2D eigenvalue weighted by Gasteiger charge is -2.35. The molecule has 0 radical (unpaired) electrons. The number of hydrogen-bond acceptors (Lipinski definition) is 4. The molecule has 1 fully saturated rings. The largest absolute Gasteiger partial charge is 0.347 e. The van der Waals surface area contributed by atoms with Gasteiger partial charge in [-0.15, -0.1) is 0 Å². The maximum atomic E-state index is 12.9. The SMILES string of the molecule is Cc1cc2c3c(c1C)C(C)(C)CCn3c(=O)c(=O)n2C/C=C\[C@H]1COC(C)(C)O1. The highest BCUT2D eigenvalue weighted by Gasteiger charge is 2.33. The minimum absolute atomic E-state index is 0.0422. The lowest BCUT2D eigenvalue weighted by Crippen LogP contribution is -2.45. The van der Waals surface area contributed by atoms with Gasteiger partial charge >= 0.3 is 11.1 Å². The van der Waals surface area contributed by atoms with E-state index in [0.29, 0.717) is 19.7 Å². The van der Waals surface area contributed by atoms with E-state index in [1.54, 1.807) is 9.13 Å². The molecule has 2 aromatic rings. The fourth-order valence-electron chi connectivity index (χ4n) is 4.67. The van der Waals surface area contributed by atoms with E-state index in [1.807, 2.05) is 32.1 Å². The predicted octanol–water partition coefficient (Wildman–Crippen LogP) is 3.17. The van der Waals surface area contributed by atoms with E-state index < -0.39 is 16.9 Å². The molecular weight excluding hydrogens is 368 g/mol. The molecule has 1 atom stereocenters. The van der Waals surface area contributed by atoms with Gasteiger partial charge in [0.05, 0.1) is 17.6 Å². The van der Waals surface area contributed by atoms with Crippen molar-refractivity contribution in [3.8, 4) is 0 Å². The summed E-state index contributed by atoms with van der Waals surface area (Å²) in [5.74, 6) is -0.592. The highest BCUT2D eigenvalue weighted by Crippen LogP contribution is 2.39. The van der Waals surface area contributed by atoms with Crippen LogP contribution in [0.1, 0.15) is 50.8 Å². The molecule has 156 valence electrons. The number of rotatable bonds is 3. The minimum atomic E-state index is -0.592. The van der Waals surface area contributed by atoms with Gasteiger partial charge in [0.1, 0.15) is 6.10 Å². The molecule has 0 amide bonds. The molecule has 1 aromatic carbocycles. The van der Waals surface area contributed by atoms with Crippen LogP contribution in [0.2, 0.25) is 0 Å². The number of aryl methyl sites for hydroxylation is 2. The maximum Gasteiger partial charge on any atom is 0.317 e. The van der Waals surface area contributed by atoms with Crippen molar-refractivity contribution in [3.63, 3.8) is 0 Å². The lowest BCUT2D eigenvalue weighted by molar-refractivity contribution is -0.133. The van der Waals surface area contributed by atoms with Gasteiger partial charge in [-0.2, -0.15) is 0 Å². The number of allylic oxidation sites excluding steroid dienone is 1. The molecule has 6 heteroatoms. The molecule has 29 heavy (non-hydrogen) atoms. The van der Waals surface area contributed by atoms with E-state index in [1.165, 1.54) is 11.1 Å². The summed E-state index contributed by atoms with van der Waals surface area (Å²) >= 11 is 0. The number of ether oxygens (including phenoxy) is 2. The maximum absolute atomic E-state index is 12.9.